The largest absolute Gasteiger partial charge is 0.292 e. The first kappa shape index (κ1) is 19.2. The Morgan fingerprint density at radius 3 is 2.32 bits per heavy atom. The molecule has 3 aromatic rings. The number of hydrogen-bond donors (Lipinski definition) is 0. The smallest absolute Gasteiger partial charge is 0.0406 e. The standard InChI is InChI=1S/C26H28ClN/c1-19(2)23-9-5-6-11-25(23)24-10-4-3-8-21(24)18-28-17-7-12-26(28)20-13-15-22(27)16-14-20/h3-6,8-11,13-16,19,26H,7,12,17-18H2,1-2H3/t26-/m0/s1. The zero-order chi connectivity index (χ0) is 19.5. The molecule has 0 amide bonds. The molecule has 0 unspecified atom stereocenters. The molecule has 0 N–H and O–H groups in total. The SMILES string of the molecule is CC(C)c1ccccc1-c1ccccc1CN1CCC[C@H]1c1ccc(Cl)cc1. The maximum absolute atomic E-state index is 6.10. The lowest BCUT2D eigenvalue weighted by molar-refractivity contribution is 0.249. The molecule has 0 aliphatic carbocycles. The zero-order valence-electron chi connectivity index (χ0n) is 16.7. The molecule has 0 aromatic heterocycles. The third kappa shape index (κ3) is 4.01. The molecule has 0 bridgehead atoms. The summed E-state index contributed by atoms with van der Waals surface area (Å²) in [6, 6.07) is 26.6. The van der Waals surface area contributed by atoms with Crippen molar-refractivity contribution in [2.24, 2.45) is 0 Å². The minimum Gasteiger partial charge on any atom is -0.292 e. The molecule has 0 radical (unpaired) electrons. The third-order valence-corrected chi connectivity index (χ3v) is 6.13. The van der Waals surface area contributed by atoms with Gasteiger partial charge in [0.15, 0.2) is 0 Å². The molecule has 1 fully saturated rings. The van der Waals surface area contributed by atoms with Crippen LogP contribution in [0.15, 0.2) is 72.8 Å². The van der Waals surface area contributed by atoms with Crippen LogP contribution < -0.4 is 0 Å². The van der Waals surface area contributed by atoms with Gasteiger partial charge in [0.25, 0.3) is 0 Å². The van der Waals surface area contributed by atoms with Crippen LogP contribution in [0.25, 0.3) is 11.1 Å². The van der Waals surface area contributed by atoms with Crippen molar-refractivity contribution in [2.45, 2.75) is 45.2 Å². The van der Waals surface area contributed by atoms with Gasteiger partial charge >= 0.3 is 0 Å². The van der Waals surface area contributed by atoms with E-state index in [1.165, 1.54) is 40.7 Å². The highest BCUT2D eigenvalue weighted by Gasteiger charge is 2.26. The minimum absolute atomic E-state index is 0.477. The predicted molar refractivity (Wildman–Crippen MR) is 120 cm³/mol. The maximum atomic E-state index is 6.10. The van der Waals surface area contributed by atoms with E-state index in [2.05, 4.69) is 79.4 Å². The first-order chi connectivity index (χ1) is 13.6. The van der Waals surface area contributed by atoms with Gasteiger partial charge in [-0.15, -0.1) is 0 Å². The Morgan fingerprint density at radius 2 is 1.57 bits per heavy atom. The first-order valence-electron chi connectivity index (χ1n) is 10.3. The number of hydrogen-bond acceptors (Lipinski definition) is 1. The number of likely N-dealkylation sites (tertiary alicyclic amines) is 1. The normalized spacial score (nSPS) is 17.4. The van der Waals surface area contributed by atoms with Crippen LogP contribution in [0.5, 0.6) is 0 Å². The van der Waals surface area contributed by atoms with E-state index in [9.17, 15) is 0 Å². The van der Waals surface area contributed by atoms with Crippen molar-refractivity contribution in [3.63, 3.8) is 0 Å². The summed E-state index contributed by atoms with van der Waals surface area (Å²) in [5, 5.41) is 0.809. The van der Waals surface area contributed by atoms with Gasteiger partial charge in [0.1, 0.15) is 0 Å². The summed E-state index contributed by atoms with van der Waals surface area (Å²) in [5.74, 6) is 0.512. The monoisotopic (exact) mass is 389 g/mol. The van der Waals surface area contributed by atoms with Gasteiger partial charge in [0.2, 0.25) is 0 Å². The summed E-state index contributed by atoms with van der Waals surface area (Å²) in [5.41, 5.74) is 6.95. The van der Waals surface area contributed by atoms with Crippen molar-refractivity contribution in [1.82, 2.24) is 4.90 Å². The summed E-state index contributed by atoms with van der Waals surface area (Å²) in [6.07, 6.45) is 2.46. The van der Waals surface area contributed by atoms with Crippen LogP contribution in [-0.4, -0.2) is 11.4 Å². The van der Waals surface area contributed by atoms with Gasteiger partial charge in [0, 0.05) is 17.6 Å². The Kier molecular flexibility index (Phi) is 5.85. The van der Waals surface area contributed by atoms with Crippen molar-refractivity contribution >= 4 is 11.6 Å². The van der Waals surface area contributed by atoms with E-state index in [1.807, 2.05) is 12.1 Å². The highest BCUT2D eigenvalue weighted by Crippen LogP contribution is 2.37. The van der Waals surface area contributed by atoms with Crippen molar-refractivity contribution in [3.8, 4) is 11.1 Å². The molecule has 1 aliphatic heterocycles. The molecule has 3 aromatic carbocycles. The second-order valence-electron chi connectivity index (χ2n) is 8.08. The van der Waals surface area contributed by atoms with Gasteiger partial charge < -0.3 is 0 Å². The number of rotatable bonds is 5. The number of nitrogens with zero attached hydrogens (tertiary/aromatic N) is 1. The highest BCUT2D eigenvalue weighted by molar-refractivity contribution is 6.30. The Morgan fingerprint density at radius 1 is 0.893 bits per heavy atom. The van der Waals surface area contributed by atoms with Crippen molar-refractivity contribution in [1.29, 1.82) is 0 Å². The molecule has 1 aliphatic rings. The number of benzene rings is 3. The van der Waals surface area contributed by atoms with Crippen LogP contribution in [0, 0.1) is 0 Å². The van der Waals surface area contributed by atoms with Crippen LogP contribution in [0.3, 0.4) is 0 Å². The van der Waals surface area contributed by atoms with Gasteiger partial charge in [-0.25, -0.2) is 0 Å². The Bertz CT molecular complexity index is 929. The number of halogens is 1. The molecule has 4 rings (SSSR count). The van der Waals surface area contributed by atoms with E-state index >= 15 is 0 Å². The van der Waals surface area contributed by atoms with Gasteiger partial charge in [-0.05, 0) is 65.3 Å². The van der Waals surface area contributed by atoms with Gasteiger partial charge in [0.05, 0.1) is 0 Å². The molecule has 1 heterocycles. The van der Waals surface area contributed by atoms with Crippen LogP contribution >= 0.6 is 11.6 Å². The fourth-order valence-corrected chi connectivity index (χ4v) is 4.59. The fourth-order valence-electron chi connectivity index (χ4n) is 4.46. The average molecular weight is 390 g/mol. The van der Waals surface area contributed by atoms with Crippen molar-refractivity contribution in [2.75, 3.05) is 6.54 Å². The Labute approximate surface area is 174 Å². The summed E-state index contributed by atoms with van der Waals surface area (Å²) in [6.45, 7) is 6.68. The second kappa shape index (κ2) is 8.51. The molecule has 0 saturated carbocycles. The lowest BCUT2D eigenvalue weighted by atomic mass is 9.90. The Balaban J connectivity index is 1.65. The summed E-state index contributed by atoms with van der Waals surface area (Å²) in [7, 11) is 0. The summed E-state index contributed by atoms with van der Waals surface area (Å²) in [4.78, 5) is 2.63. The van der Waals surface area contributed by atoms with E-state index < -0.39 is 0 Å². The molecule has 1 nitrogen and oxygen atoms in total. The van der Waals surface area contributed by atoms with Crippen molar-refractivity contribution in [3.05, 3.63) is 94.5 Å². The molecule has 144 valence electrons. The molecular formula is C26H28ClN. The van der Waals surface area contributed by atoms with Crippen molar-refractivity contribution < 1.29 is 0 Å². The quantitative estimate of drug-likeness (QED) is 0.437. The van der Waals surface area contributed by atoms with Gasteiger partial charge in [-0.3, -0.25) is 4.90 Å². The maximum Gasteiger partial charge on any atom is 0.0406 e. The van der Waals surface area contributed by atoms with Crippen LogP contribution in [0.4, 0.5) is 0 Å². The average Bonchev–Trinajstić information content (AvgIpc) is 3.17. The van der Waals surface area contributed by atoms with E-state index in [0.717, 1.165) is 18.1 Å². The van der Waals surface area contributed by atoms with Gasteiger partial charge in [-0.2, -0.15) is 0 Å². The van der Waals surface area contributed by atoms with E-state index in [4.69, 9.17) is 11.6 Å². The summed E-state index contributed by atoms with van der Waals surface area (Å²) >= 11 is 6.10. The van der Waals surface area contributed by atoms with E-state index in [-0.39, 0.29) is 0 Å². The lowest BCUT2D eigenvalue weighted by Gasteiger charge is -2.26. The molecule has 28 heavy (non-hydrogen) atoms. The van der Waals surface area contributed by atoms with E-state index in [1.54, 1.807) is 0 Å². The fraction of sp³-hybridized carbons (Fsp3) is 0.308. The second-order valence-corrected chi connectivity index (χ2v) is 8.52. The highest BCUT2D eigenvalue weighted by atomic mass is 35.5. The Hall–Kier alpha value is -2.09. The van der Waals surface area contributed by atoms with Crippen LogP contribution in [0.1, 0.15) is 55.3 Å². The molecule has 0 spiro atoms. The molecular weight excluding hydrogens is 362 g/mol. The third-order valence-electron chi connectivity index (χ3n) is 5.88. The predicted octanol–water partition coefficient (Wildman–Crippen LogP) is 7.47. The van der Waals surface area contributed by atoms with Crippen LogP contribution in [-0.2, 0) is 6.54 Å². The zero-order valence-corrected chi connectivity index (χ0v) is 17.5. The van der Waals surface area contributed by atoms with Gasteiger partial charge in [-0.1, -0.05) is 86.1 Å². The molecule has 1 saturated heterocycles. The summed E-state index contributed by atoms with van der Waals surface area (Å²) < 4.78 is 0. The molecule has 2 heteroatoms. The molecule has 1 atom stereocenters. The van der Waals surface area contributed by atoms with Crippen LogP contribution in [0.2, 0.25) is 5.02 Å². The lowest BCUT2D eigenvalue weighted by Crippen LogP contribution is -2.23. The van der Waals surface area contributed by atoms with E-state index in [0.29, 0.717) is 12.0 Å². The first-order valence-corrected chi connectivity index (χ1v) is 10.7. The minimum atomic E-state index is 0.477. The topological polar surface area (TPSA) is 3.24 Å².